The molecule has 2 aliphatic rings. The van der Waals surface area contributed by atoms with Gasteiger partial charge in [-0.2, -0.15) is 0 Å². The highest BCUT2D eigenvalue weighted by atomic mass is 16.5. The van der Waals surface area contributed by atoms with Gasteiger partial charge in [-0.05, 0) is 48.7 Å². The minimum Gasteiger partial charge on any atom is -0.504 e. The zero-order valence-corrected chi connectivity index (χ0v) is 16.5. The summed E-state index contributed by atoms with van der Waals surface area (Å²) in [5, 5.41) is 10.0. The van der Waals surface area contributed by atoms with Gasteiger partial charge in [0.25, 0.3) is 0 Å². The van der Waals surface area contributed by atoms with Crippen molar-refractivity contribution in [3.63, 3.8) is 0 Å². The van der Waals surface area contributed by atoms with E-state index in [4.69, 9.17) is 4.74 Å². The molecule has 5 heteroatoms. The third-order valence-corrected chi connectivity index (χ3v) is 6.22. The maximum absolute atomic E-state index is 13.7. The van der Waals surface area contributed by atoms with Crippen molar-refractivity contribution in [1.82, 2.24) is 0 Å². The second-order valence-corrected chi connectivity index (χ2v) is 7.66. The number of fused-ring (bicyclic) bond motifs is 1. The molecule has 1 saturated heterocycles. The molecule has 1 heterocycles. The fourth-order valence-electron chi connectivity index (χ4n) is 4.73. The van der Waals surface area contributed by atoms with Crippen LogP contribution in [0, 0.1) is 11.3 Å². The summed E-state index contributed by atoms with van der Waals surface area (Å²) in [5.41, 5.74) is 1.31. The van der Waals surface area contributed by atoms with E-state index in [9.17, 15) is 14.7 Å². The maximum atomic E-state index is 13.7. The first-order valence-corrected chi connectivity index (χ1v) is 9.56. The third kappa shape index (κ3) is 2.69. The summed E-state index contributed by atoms with van der Waals surface area (Å²) >= 11 is 0. The van der Waals surface area contributed by atoms with Crippen molar-refractivity contribution in [2.45, 2.75) is 19.3 Å². The van der Waals surface area contributed by atoms with Crippen molar-refractivity contribution in [3.8, 4) is 11.5 Å². The van der Waals surface area contributed by atoms with Crippen LogP contribution in [-0.2, 0) is 9.59 Å². The quantitative estimate of drug-likeness (QED) is 0.796. The van der Waals surface area contributed by atoms with Crippen molar-refractivity contribution in [2.24, 2.45) is 11.3 Å². The number of anilines is 1. The van der Waals surface area contributed by atoms with Gasteiger partial charge in [0.1, 0.15) is 0 Å². The molecule has 1 aliphatic heterocycles. The van der Waals surface area contributed by atoms with E-state index in [1.165, 1.54) is 12.0 Å². The van der Waals surface area contributed by atoms with Crippen LogP contribution < -0.4 is 9.64 Å². The lowest BCUT2D eigenvalue weighted by atomic mass is 9.60. The number of amides is 2. The van der Waals surface area contributed by atoms with Gasteiger partial charge in [0.15, 0.2) is 11.5 Å². The number of hydrogen-bond donors (Lipinski definition) is 1. The van der Waals surface area contributed by atoms with E-state index in [-0.39, 0.29) is 23.5 Å². The molecule has 0 aromatic heterocycles. The van der Waals surface area contributed by atoms with E-state index < -0.39 is 11.3 Å². The Morgan fingerprint density at radius 3 is 2.59 bits per heavy atom. The van der Waals surface area contributed by atoms with Crippen LogP contribution in [0.5, 0.6) is 11.5 Å². The SMILES string of the molecule is C=CC1=CCC2C(=O)N(c3ccccc3)C(=O)C2(C)C1c1ccc(O)c(OC)c1. The number of nitrogens with zero attached hydrogens (tertiary/aromatic N) is 1. The Hall–Kier alpha value is -3.34. The summed E-state index contributed by atoms with van der Waals surface area (Å²) in [7, 11) is 1.48. The molecule has 1 N–H and O–H groups in total. The first kappa shape index (κ1) is 19.0. The molecule has 4 rings (SSSR count). The Morgan fingerprint density at radius 1 is 1.21 bits per heavy atom. The Morgan fingerprint density at radius 2 is 1.93 bits per heavy atom. The molecule has 3 atom stereocenters. The highest BCUT2D eigenvalue weighted by Gasteiger charge is 2.62. The number of aromatic hydroxyl groups is 1. The lowest BCUT2D eigenvalue weighted by molar-refractivity contribution is -0.127. The summed E-state index contributed by atoms with van der Waals surface area (Å²) in [6, 6.07) is 14.1. The van der Waals surface area contributed by atoms with Gasteiger partial charge in [0, 0.05) is 5.92 Å². The molecule has 29 heavy (non-hydrogen) atoms. The van der Waals surface area contributed by atoms with E-state index in [0.29, 0.717) is 17.9 Å². The van der Waals surface area contributed by atoms with Gasteiger partial charge in [0.05, 0.1) is 24.1 Å². The summed E-state index contributed by atoms with van der Waals surface area (Å²) in [5.74, 6) is -0.893. The number of phenolic OH excluding ortho intramolecular Hbond substituents is 1. The van der Waals surface area contributed by atoms with Crippen LogP contribution >= 0.6 is 0 Å². The number of carbonyl (C=O) groups is 2. The number of rotatable bonds is 4. The number of carbonyl (C=O) groups excluding carboxylic acids is 2. The van der Waals surface area contributed by atoms with Gasteiger partial charge in [-0.15, -0.1) is 0 Å². The Kier molecular flexibility index (Phi) is 4.53. The van der Waals surface area contributed by atoms with Crippen LogP contribution in [-0.4, -0.2) is 24.0 Å². The van der Waals surface area contributed by atoms with Crippen molar-refractivity contribution in [1.29, 1.82) is 0 Å². The summed E-state index contributed by atoms with van der Waals surface area (Å²) < 4.78 is 5.27. The second kappa shape index (κ2) is 6.92. The fraction of sp³-hybridized carbons (Fsp3) is 0.250. The van der Waals surface area contributed by atoms with Crippen LogP contribution in [0.4, 0.5) is 5.69 Å². The molecule has 0 radical (unpaired) electrons. The first-order valence-electron chi connectivity index (χ1n) is 9.56. The van der Waals surface area contributed by atoms with Crippen molar-refractivity contribution < 1.29 is 19.4 Å². The Labute approximate surface area is 169 Å². The topological polar surface area (TPSA) is 66.8 Å². The van der Waals surface area contributed by atoms with Crippen molar-refractivity contribution in [3.05, 3.63) is 78.4 Å². The molecule has 148 valence electrons. The monoisotopic (exact) mass is 389 g/mol. The molecule has 1 fully saturated rings. The molecule has 1 aliphatic carbocycles. The minimum absolute atomic E-state index is 0.0256. The van der Waals surface area contributed by atoms with Crippen molar-refractivity contribution >= 4 is 17.5 Å². The predicted molar refractivity (Wildman–Crippen MR) is 111 cm³/mol. The molecule has 5 nitrogen and oxygen atoms in total. The number of para-hydroxylation sites is 1. The van der Waals surface area contributed by atoms with Gasteiger partial charge in [-0.25, -0.2) is 4.90 Å². The van der Waals surface area contributed by atoms with Gasteiger partial charge < -0.3 is 9.84 Å². The van der Waals surface area contributed by atoms with E-state index in [2.05, 4.69) is 6.58 Å². The van der Waals surface area contributed by atoms with E-state index in [0.717, 1.165) is 11.1 Å². The summed E-state index contributed by atoms with van der Waals surface area (Å²) in [6.07, 6.45) is 4.22. The third-order valence-electron chi connectivity index (χ3n) is 6.22. The largest absolute Gasteiger partial charge is 0.504 e. The lowest BCUT2D eigenvalue weighted by Gasteiger charge is -2.40. The van der Waals surface area contributed by atoms with Gasteiger partial charge in [-0.3, -0.25) is 9.59 Å². The molecule has 3 unspecified atom stereocenters. The average Bonchev–Trinajstić information content (AvgIpc) is 2.94. The smallest absolute Gasteiger partial charge is 0.241 e. The number of hydrogen-bond acceptors (Lipinski definition) is 4. The van der Waals surface area contributed by atoms with Crippen LogP contribution in [0.15, 0.2) is 72.8 Å². The van der Waals surface area contributed by atoms with Crippen LogP contribution in [0.1, 0.15) is 24.8 Å². The second-order valence-electron chi connectivity index (χ2n) is 7.66. The van der Waals surface area contributed by atoms with Crippen LogP contribution in [0.3, 0.4) is 0 Å². The molecule has 0 spiro atoms. The Bertz CT molecular complexity index is 1030. The van der Waals surface area contributed by atoms with Gasteiger partial charge in [-0.1, -0.05) is 43.0 Å². The van der Waals surface area contributed by atoms with Crippen LogP contribution in [0.2, 0.25) is 0 Å². The molecule has 2 aromatic rings. The van der Waals surface area contributed by atoms with E-state index >= 15 is 0 Å². The molecular formula is C24H23NO4. The van der Waals surface area contributed by atoms with Gasteiger partial charge in [0.2, 0.25) is 11.8 Å². The average molecular weight is 389 g/mol. The molecule has 0 saturated carbocycles. The predicted octanol–water partition coefficient (Wildman–Crippen LogP) is 4.20. The molecule has 2 aromatic carbocycles. The Balaban J connectivity index is 1.88. The number of ether oxygens (including phenoxy) is 1. The number of phenols is 1. The van der Waals surface area contributed by atoms with E-state index in [1.54, 1.807) is 36.4 Å². The van der Waals surface area contributed by atoms with Crippen molar-refractivity contribution in [2.75, 3.05) is 12.0 Å². The highest BCUT2D eigenvalue weighted by Crippen LogP contribution is 2.57. The first-order chi connectivity index (χ1) is 13.9. The fourth-order valence-corrected chi connectivity index (χ4v) is 4.73. The number of benzene rings is 2. The molecule has 2 amide bonds. The van der Waals surface area contributed by atoms with Crippen LogP contribution in [0.25, 0.3) is 0 Å². The highest BCUT2D eigenvalue weighted by molar-refractivity contribution is 6.24. The van der Waals surface area contributed by atoms with Gasteiger partial charge >= 0.3 is 0 Å². The minimum atomic E-state index is -0.965. The molecular weight excluding hydrogens is 366 g/mol. The summed E-state index contributed by atoms with van der Waals surface area (Å²) in [6.45, 7) is 5.79. The lowest BCUT2D eigenvalue weighted by Crippen LogP contribution is -2.41. The van der Waals surface area contributed by atoms with E-state index in [1.807, 2.05) is 31.2 Å². The zero-order chi connectivity index (χ0) is 20.8. The number of imide groups is 1. The summed E-state index contributed by atoms with van der Waals surface area (Å²) in [4.78, 5) is 28.3. The zero-order valence-electron chi connectivity index (χ0n) is 16.5. The number of methoxy groups -OCH3 is 1. The normalized spacial score (nSPS) is 26.1. The standard InChI is InChI=1S/C24H23NO4/c1-4-15-10-12-18-22(27)25(17-8-6-5-7-9-17)23(28)24(18,2)21(15)16-11-13-19(26)20(14-16)29-3/h4-11,13-14,18,21,26H,1,12H2,2-3H3. The molecule has 0 bridgehead atoms. The number of allylic oxidation sites excluding steroid dienone is 3. The maximum Gasteiger partial charge on any atom is 0.241 e.